The molecule has 21 heavy (non-hydrogen) atoms. The molecule has 2 nitrogen and oxygen atoms in total. The third kappa shape index (κ3) is 2.96. The predicted molar refractivity (Wildman–Crippen MR) is 85.6 cm³/mol. The molecule has 1 aromatic rings. The van der Waals surface area contributed by atoms with Crippen LogP contribution in [0, 0.1) is 0 Å². The average molecular weight is 284 g/mol. The van der Waals surface area contributed by atoms with Crippen LogP contribution < -0.4 is 0 Å². The number of allylic oxidation sites excluding steroid dienone is 1. The zero-order valence-electron chi connectivity index (χ0n) is 13.2. The Hall–Kier alpha value is -1.79. The third-order valence-electron chi connectivity index (χ3n) is 4.54. The highest BCUT2D eigenvalue weighted by Gasteiger charge is 2.43. The lowest BCUT2D eigenvalue weighted by Crippen LogP contribution is -2.38. The van der Waals surface area contributed by atoms with Gasteiger partial charge >= 0.3 is 5.97 Å². The maximum Gasteiger partial charge on any atom is 0.314 e. The molecule has 0 radical (unpaired) electrons. The van der Waals surface area contributed by atoms with Gasteiger partial charge in [0.25, 0.3) is 0 Å². The summed E-state index contributed by atoms with van der Waals surface area (Å²) in [7, 11) is 0. The second kappa shape index (κ2) is 5.54. The molecule has 2 heteroatoms. The van der Waals surface area contributed by atoms with E-state index in [0.29, 0.717) is 12.8 Å². The number of carboxylic acids is 1. The topological polar surface area (TPSA) is 37.3 Å². The highest BCUT2D eigenvalue weighted by Crippen LogP contribution is 2.42. The quantitative estimate of drug-likeness (QED) is 0.806. The van der Waals surface area contributed by atoms with Crippen LogP contribution in [0.15, 0.2) is 42.1 Å². The predicted octanol–water partition coefficient (Wildman–Crippen LogP) is 4.59. The Kier molecular flexibility index (Phi) is 4.11. The summed E-state index contributed by atoms with van der Waals surface area (Å²) in [6.45, 7) is 10.1. The molecule has 1 aromatic carbocycles. The first kappa shape index (κ1) is 15.6. The van der Waals surface area contributed by atoms with Crippen molar-refractivity contribution in [2.24, 2.45) is 0 Å². The Bertz CT molecular complexity index is 600. The molecule has 0 spiro atoms. The van der Waals surface area contributed by atoms with Gasteiger partial charge in [0.15, 0.2) is 0 Å². The second-order valence-electron chi connectivity index (χ2n) is 7.03. The SMILES string of the molecule is C=C=C1CCCC(C(=O)O)(c2cccc(C(C)(C)C)c2)C1. The van der Waals surface area contributed by atoms with Gasteiger partial charge in [-0.1, -0.05) is 51.6 Å². The van der Waals surface area contributed by atoms with Crippen molar-refractivity contribution in [3.05, 3.63) is 53.3 Å². The van der Waals surface area contributed by atoms with Crippen LogP contribution in [0.3, 0.4) is 0 Å². The molecule has 0 heterocycles. The lowest BCUT2D eigenvalue weighted by Gasteiger charge is -2.35. The minimum absolute atomic E-state index is 0.0154. The second-order valence-corrected chi connectivity index (χ2v) is 7.03. The van der Waals surface area contributed by atoms with Gasteiger partial charge in [0, 0.05) is 0 Å². The molecule has 1 aliphatic rings. The number of rotatable bonds is 2. The summed E-state index contributed by atoms with van der Waals surface area (Å²) in [5, 5.41) is 9.89. The zero-order chi connectivity index (χ0) is 15.7. The van der Waals surface area contributed by atoms with E-state index in [0.717, 1.165) is 24.0 Å². The summed E-state index contributed by atoms with van der Waals surface area (Å²) in [5.74, 6) is -0.735. The van der Waals surface area contributed by atoms with Gasteiger partial charge in [-0.3, -0.25) is 4.79 Å². The Labute approximate surface area is 127 Å². The summed E-state index contributed by atoms with van der Waals surface area (Å²) < 4.78 is 0. The molecular formula is C19H24O2. The van der Waals surface area contributed by atoms with E-state index in [-0.39, 0.29) is 5.41 Å². The largest absolute Gasteiger partial charge is 0.481 e. The van der Waals surface area contributed by atoms with Crippen molar-refractivity contribution in [2.45, 2.75) is 57.3 Å². The average Bonchev–Trinajstić information content (AvgIpc) is 2.46. The minimum atomic E-state index is -0.820. The molecule has 1 atom stereocenters. The van der Waals surface area contributed by atoms with Gasteiger partial charge in [-0.25, -0.2) is 0 Å². The molecule has 112 valence electrons. The lowest BCUT2D eigenvalue weighted by atomic mass is 9.67. The van der Waals surface area contributed by atoms with Crippen LogP contribution >= 0.6 is 0 Å². The van der Waals surface area contributed by atoms with Crippen molar-refractivity contribution in [1.82, 2.24) is 0 Å². The lowest BCUT2D eigenvalue weighted by molar-refractivity contribution is -0.144. The fraction of sp³-hybridized carbons (Fsp3) is 0.474. The smallest absolute Gasteiger partial charge is 0.314 e. The normalized spacial score (nSPS) is 22.7. The van der Waals surface area contributed by atoms with E-state index >= 15 is 0 Å². The molecule has 0 saturated heterocycles. The van der Waals surface area contributed by atoms with E-state index in [9.17, 15) is 9.90 Å². The first-order valence-electron chi connectivity index (χ1n) is 7.52. The summed E-state index contributed by atoms with van der Waals surface area (Å²) >= 11 is 0. The summed E-state index contributed by atoms with van der Waals surface area (Å²) in [4.78, 5) is 12.0. The van der Waals surface area contributed by atoms with E-state index in [1.165, 1.54) is 5.56 Å². The van der Waals surface area contributed by atoms with E-state index < -0.39 is 11.4 Å². The standard InChI is InChI=1S/C19H24O2/c1-5-14-8-7-11-19(13-14,17(20)21)16-10-6-9-15(12-16)18(2,3)4/h6,9-10,12H,1,7-8,11,13H2,2-4H3,(H,20,21). The van der Waals surface area contributed by atoms with Crippen molar-refractivity contribution in [1.29, 1.82) is 0 Å². The van der Waals surface area contributed by atoms with Crippen LogP contribution in [0.2, 0.25) is 0 Å². The first-order valence-corrected chi connectivity index (χ1v) is 7.52. The van der Waals surface area contributed by atoms with Crippen LogP contribution in [-0.2, 0) is 15.6 Å². The number of hydrogen-bond donors (Lipinski definition) is 1. The first-order chi connectivity index (χ1) is 9.79. The highest BCUT2D eigenvalue weighted by molar-refractivity contribution is 5.82. The van der Waals surface area contributed by atoms with Crippen LogP contribution in [0.1, 0.15) is 57.6 Å². The van der Waals surface area contributed by atoms with Crippen LogP contribution in [0.25, 0.3) is 0 Å². The third-order valence-corrected chi connectivity index (χ3v) is 4.54. The Morgan fingerprint density at radius 3 is 2.67 bits per heavy atom. The molecule has 1 saturated carbocycles. The van der Waals surface area contributed by atoms with E-state index in [4.69, 9.17) is 0 Å². The molecule has 1 fully saturated rings. The van der Waals surface area contributed by atoms with Crippen molar-refractivity contribution >= 4 is 5.97 Å². The maximum atomic E-state index is 12.0. The highest BCUT2D eigenvalue weighted by atomic mass is 16.4. The van der Waals surface area contributed by atoms with Gasteiger partial charge in [0.1, 0.15) is 0 Å². The fourth-order valence-corrected chi connectivity index (χ4v) is 3.13. The number of carboxylic acid groups (broad SMARTS) is 1. The van der Waals surface area contributed by atoms with E-state index in [1.807, 2.05) is 12.1 Å². The van der Waals surface area contributed by atoms with Crippen molar-refractivity contribution in [3.63, 3.8) is 0 Å². The number of benzene rings is 1. The molecule has 0 aliphatic heterocycles. The van der Waals surface area contributed by atoms with E-state index in [1.54, 1.807) is 0 Å². The Balaban J connectivity index is 2.53. The Morgan fingerprint density at radius 1 is 1.38 bits per heavy atom. The summed E-state index contributed by atoms with van der Waals surface area (Å²) in [5.41, 5.74) is 5.25. The molecular weight excluding hydrogens is 260 g/mol. The zero-order valence-corrected chi connectivity index (χ0v) is 13.2. The molecule has 1 unspecified atom stereocenters. The van der Waals surface area contributed by atoms with Crippen molar-refractivity contribution in [2.75, 3.05) is 0 Å². The molecule has 0 aromatic heterocycles. The van der Waals surface area contributed by atoms with Gasteiger partial charge in [-0.05, 0) is 47.8 Å². The number of carbonyl (C=O) groups is 1. The van der Waals surface area contributed by atoms with Crippen LogP contribution in [0.5, 0.6) is 0 Å². The van der Waals surface area contributed by atoms with Gasteiger partial charge in [-0.15, -0.1) is 5.73 Å². The van der Waals surface area contributed by atoms with Crippen LogP contribution in [-0.4, -0.2) is 11.1 Å². The summed E-state index contributed by atoms with van der Waals surface area (Å²) in [6, 6.07) is 8.08. The van der Waals surface area contributed by atoms with E-state index in [2.05, 4.69) is 45.2 Å². The monoisotopic (exact) mass is 284 g/mol. The Morgan fingerprint density at radius 2 is 2.10 bits per heavy atom. The molecule has 1 aliphatic carbocycles. The van der Waals surface area contributed by atoms with Gasteiger partial charge < -0.3 is 5.11 Å². The van der Waals surface area contributed by atoms with Crippen molar-refractivity contribution in [3.8, 4) is 0 Å². The van der Waals surface area contributed by atoms with Gasteiger partial charge in [0.2, 0.25) is 0 Å². The molecule has 0 bridgehead atoms. The molecule has 1 N–H and O–H groups in total. The van der Waals surface area contributed by atoms with Gasteiger partial charge in [0.05, 0.1) is 5.41 Å². The maximum absolute atomic E-state index is 12.0. The number of aliphatic carboxylic acids is 1. The number of hydrogen-bond acceptors (Lipinski definition) is 1. The molecule has 2 rings (SSSR count). The minimum Gasteiger partial charge on any atom is -0.481 e. The van der Waals surface area contributed by atoms with Crippen molar-refractivity contribution < 1.29 is 9.90 Å². The van der Waals surface area contributed by atoms with Gasteiger partial charge in [-0.2, -0.15) is 0 Å². The van der Waals surface area contributed by atoms with Crippen LogP contribution in [0.4, 0.5) is 0 Å². The summed E-state index contributed by atoms with van der Waals surface area (Å²) in [6.07, 6.45) is 3.00. The fourth-order valence-electron chi connectivity index (χ4n) is 3.13. The molecule has 0 amide bonds.